The molecule has 0 spiro atoms. The van der Waals surface area contributed by atoms with Crippen molar-refractivity contribution in [2.45, 2.75) is 83.0 Å². The van der Waals surface area contributed by atoms with Gasteiger partial charge in [-0.2, -0.15) is 0 Å². The summed E-state index contributed by atoms with van der Waals surface area (Å²) in [6.45, 7) is 2.25. The number of hydrogen-bond donors (Lipinski definition) is 3. The molecule has 0 amide bonds. The van der Waals surface area contributed by atoms with Gasteiger partial charge in [0, 0.05) is 12.8 Å². The lowest BCUT2D eigenvalue weighted by Crippen LogP contribution is -3.00. The number of unbranched alkanes of at least 4 members (excludes halogenated alkanes) is 4. The fourth-order valence-electron chi connectivity index (χ4n) is 3.31. The Hall–Kier alpha value is -0.480. The fraction of sp³-hybridized carbons (Fsp3) is 0.929. The van der Waals surface area contributed by atoms with Crippen LogP contribution in [0.2, 0.25) is 0 Å². The average Bonchev–Trinajstić information content (AvgIpc) is 2.71. The molecule has 0 aliphatic carbocycles. The minimum atomic E-state index is -0.368. The Bertz CT molecular complexity index is 309. The summed E-state index contributed by atoms with van der Waals surface area (Å²) in [6, 6.07) is 0.972. The molecule has 0 aromatic rings. The largest absolute Gasteiger partial charge is 1.00 e. The summed E-state index contributed by atoms with van der Waals surface area (Å²) in [7, 11) is 0. The smallest absolute Gasteiger partial charge is 0.346 e. The second-order valence-corrected chi connectivity index (χ2v) is 5.78. The van der Waals surface area contributed by atoms with E-state index in [0.717, 1.165) is 19.3 Å². The molecule has 0 bridgehead atoms. The summed E-state index contributed by atoms with van der Waals surface area (Å²) in [5.74, 6) is 0.690. The Kier molecular flexibility index (Phi) is 6.94. The van der Waals surface area contributed by atoms with Gasteiger partial charge < -0.3 is 17.5 Å². The van der Waals surface area contributed by atoms with Crippen molar-refractivity contribution in [1.82, 2.24) is 5.32 Å². The summed E-state index contributed by atoms with van der Waals surface area (Å²) in [6.07, 6.45) is 10.6. The van der Waals surface area contributed by atoms with Crippen molar-refractivity contribution in [3.63, 3.8) is 0 Å². The molecule has 4 N–H and O–H groups in total. The van der Waals surface area contributed by atoms with Gasteiger partial charge in [-0.1, -0.05) is 39.0 Å². The van der Waals surface area contributed by atoms with Gasteiger partial charge in [-0.15, -0.1) is 0 Å². The van der Waals surface area contributed by atoms with Crippen LogP contribution in [0, 0.1) is 0 Å². The van der Waals surface area contributed by atoms with Gasteiger partial charge in [-0.25, -0.2) is 4.58 Å². The molecule has 3 atom stereocenters. The summed E-state index contributed by atoms with van der Waals surface area (Å²) >= 11 is 0. The monoisotopic (exact) mass is 289 g/mol. The average molecular weight is 290 g/mol. The van der Waals surface area contributed by atoms with Crippen LogP contribution in [0.5, 0.6) is 0 Å². The number of nitrogens with one attached hydrogen (secondary N) is 1. The first-order valence-electron chi connectivity index (χ1n) is 7.57. The van der Waals surface area contributed by atoms with Crippen molar-refractivity contribution < 1.29 is 22.1 Å². The fourth-order valence-corrected chi connectivity index (χ4v) is 3.31. The first-order valence-corrected chi connectivity index (χ1v) is 7.57. The molecule has 112 valence electrons. The molecule has 1 unspecified atom stereocenters. The molecule has 5 heteroatoms. The molecular weight excluding hydrogens is 262 g/mol. The van der Waals surface area contributed by atoms with E-state index in [4.69, 9.17) is 5.73 Å². The van der Waals surface area contributed by atoms with Crippen molar-refractivity contribution in [2.75, 3.05) is 0 Å². The summed E-state index contributed by atoms with van der Waals surface area (Å²) < 4.78 is 1.97. The Balaban J connectivity index is 0.00000180. The van der Waals surface area contributed by atoms with E-state index >= 15 is 0 Å². The summed E-state index contributed by atoms with van der Waals surface area (Å²) in [5, 5.41) is 13.2. The third-order valence-electron chi connectivity index (χ3n) is 4.32. The normalized spacial score (nSPS) is 29.7. The lowest BCUT2D eigenvalue weighted by atomic mass is 9.98. The van der Waals surface area contributed by atoms with E-state index < -0.39 is 0 Å². The minimum Gasteiger partial charge on any atom is -1.00 e. The molecule has 2 aliphatic rings. The maximum Gasteiger partial charge on any atom is 0.346 e. The number of aliphatic hydroxyl groups is 1. The molecule has 0 aromatic heterocycles. The lowest BCUT2D eigenvalue weighted by Gasteiger charge is -2.27. The Labute approximate surface area is 122 Å². The van der Waals surface area contributed by atoms with Gasteiger partial charge in [0.15, 0.2) is 6.23 Å². The van der Waals surface area contributed by atoms with Crippen LogP contribution in [0.25, 0.3) is 0 Å². The van der Waals surface area contributed by atoms with E-state index in [1.165, 1.54) is 38.5 Å². The van der Waals surface area contributed by atoms with Gasteiger partial charge in [-0.3, -0.25) is 11.1 Å². The molecule has 2 heterocycles. The van der Waals surface area contributed by atoms with Crippen LogP contribution in [0.3, 0.4) is 0 Å². The second kappa shape index (κ2) is 7.95. The van der Waals surface area contributed by atoms with Crippen molar-refractivity contribution in [3.8, 4) is 0 Å². The van der Waals surface area contributed by atoms with Gasteiger partial charge in [0.1, 0.15) is 0 Å². The second-order valence-electron chi connectivity index (χ2n) is 5.78. The molecule has 2 rings (SSSR count). The molecule has 1 saturated heterocycles. The topological polar surface area (TPSA) is 61.3 Å². The number of fused-ring (bicyclic) bond motifs is 1. The number of nitrogens with two attached hydrogens (primary N) is 1. The standard InChI is InChI=1S/C14H27N3O.ClH/c1-2-3-4-5-6-7-11-10-12-8-9-13(18)17(12)14(15)16-11;/h11-13,18H,2-10H2,1H3,(H2,15,16);1H/t11-,12+,13?;/m1./s1. The summed E-state index contributed by atoms with van der Waals surface area (Å²) in [5.41, 5.74) is 6.02. The lowest BCUT2D eigenvalue weighted by molar-refractivity contribution is -0.623. The van der Waals surface area contributed by atoms with E-state index in [1.54, 1.807) is 0 Å². The molecular formula is C14H28ClN3O. The van der Waals surface area contributed by atoms with Crippen LogP contribution in [0.4, 0.5) is 0 Å². The first-order chi connectivity index (χ1) is 8.72. The molecule has 0 radical (unpaired) electrons. The first kappa shape index (κ1) is 16.6. The minimum absolute atomic E-state index is 0. The third-order valence-corrected chi connectivity index (χ3v) is 4.32. The Morgan fingerprint density at radius 1 is 1.26 bits per heavy atom. The molecule has 0 aromatic carbocycles. The van der Waals surface area contributed by atoms with Crippen molar-refractivity contribution in [2.24, 2.45) is 5.73 Å². The molecule has 19 heavy (non-hydrogen) atoms. The Morgan fingerprint density at radius 3 is 2.74 bits per heavy atom. The van der Waals surface area contributed by atoms with Crippen molar-refractivity contribution >= 4 is 5.96 Å². The zero-order valence-corrected chi connectivity index (χ0v) is 12.7. The highest BCUT2D eigenvalue weighted by molar-refractivity contribution is 5.73. The van der Waals surface area contributed by atoms with Crippen molar-refractivity contribution in [3.05, 3.63) is 0 Å². The van der Waals surface area contributed by atoms with E-state index in [0.29, 0.717) is 18.0 Å². The zero-order chi connectivity index (χ0) is 13.0. The van der Waals surface area contributed by atoms with Crippen molar-refractivity contribution in [1.29, 1.82) is 0 Å². The van der Waals surface area contributed by atoms with Crippen LogP contribution < -0.4 is 23.5 Å². The number of aliphatic hydroxyl groups excluding tert-OH is 1. The quantitative estimate of drug-likeness (QED) is 0.413. The summed E-state index contributed by atoms with van der Waals surface area (Å²) in [4.78, 5) is 0. The van der Waals surface area contributed by atoms with E-state index in [2.05, 4.69) is 12.2 Å². The predicted molar refractivity (Wildman–Crippen MR) is 73.4 cm³/mol. The molecule has 1 fully saturated rings. The maximum absolute atomic E-state index is 9.84. The number of nitrogens with zero attached hydrogens (tertiary/aromatic N) is 1. The molecule has 2 aliphatic heterocycles. The van der Waals surface area contributed by atoms with E-state index in [-0.39, 0.29) is 18.6 Å². The molecule has 4 nitrogen and oxygen atoms in total. The highest BCUT2D eigenvalue weighted by atomic mass is 35.5. The maximum atomic E-state index is 9.84. The predicted octanol–water partition coefficient (Wildman–Crippen LogP) is -1.48. The van der Waals surface area contributed by atoms with Crippen LogP contribution in [-0.2, 0) is 0 Å². The van der Waals surface area contributed by atoms with Gasteiger partial charge in [0.2, 0.25) is 0 Å². The van der Waals surface area contributed by atoms with Gasteiger partial charge in [0.25, 0.3) is 0 Å². The zero-order valence-electron chi connectivity index (χ0n) is 11.9. The molecule has 0 saturated carbocycles. The Morgan fingerprint density at radius 2 is 2.00 bits per heavy atom. The van der Waals surface area contributed by atoms with Crippen LogP contribution >= 0.6 is 0 Å². The van der Waals surface area contributed by atoms with E-state index in [9.17, 15) is 5.11 Å². The van der Waals surface area contributed by atoms with Gasteiger partial charge in [-0.05, 0) is 12.8 Å². The number of rotatable bonds is 6. The van der Waals surface area contributed by atoms with Crippen LogP contribution in [-0.4, -0.2) is 34.0 Å². The number of hydrogen-bond acceptors (Lipinski definition) is 3. The number of guanidine groups is 1. The van der Waals surface area contributed by atoms with Gasteiger partial charge >= 0.3 is 5.96 Å². The highest BCUT2D eigenvalue weighted by Crippen LogP contribution is 2.25. The SMILES string of the molecule is CCCCCCC[C@@H]1C[C@@H]2CCC(O)[N+]2=C(N)N1.[Cl-]. The van der Waals surface area contributed by atoms with E-state index in [1.807, 2.05) is 4.58 Å². The van der Waals surface area contributed by atoms with Crippen LogP contribution in [0.1, 0.15) is 64.7 Å². The van der Waals surface area contributed by atoms with Gasteiger partial charge in [0.05, 0.1) is 12.1 Å². The highest BCUT2D eigenvalue weighted by Gasteiger charge is 2.39. The van der Waals surface area contributed by atoms with Crippen LogP contribution in [0.15, 0.2) is 0 Å². The number of halogens is 1. The third kappa shape index (κ3) is 4.25.